The lowest BCUT2D eigenvalue weighted by atomic mass is 9.85. The molecule has 0 saturated carbocycles. The summed E-state index contributed by atoms with van der Waals surface area (Å²) in [6, 6.07) is 10.8. The maximum Gasteiger partial charge on any atom is 0.345 e. The summed E-state index contributed by atoms with van der Waals surface area (Å²) >= 11 is 11.9. The van der Waals surface area contributed by atoms with E-state index in [1.54, 1.807) is 18.2 Å². The monoisotopic (exact) mass is 415 g/mol. The summed E-state index contributed by atoms with van der Waals surface area (Å²) in [6.45, 7) is 0. The standard InChI is InChI=1S/C21H15Cl2NO4/c22-12-8-9-17(18(23)10-12)21(27)28-14-5-3-4-13(11-14)24-19(25)15-6-1-2-7-16(15)20(24)26/h1-5,8-11,15-16H,6-7H2/t15-,16+. The summed E-state index contributed by atoms with van der Waals surface area (Å²) in [5.41, 5.74) is 0.554. The first kappa shape index (κ1) is 18.7. The number of rotatable bonds is 3. The fourth-order valence-electron chi connectivity index (χ4n) is 3.56. The van der Waals surface area contributed by atoms with Gasteiger partial charge in [0.2, 0.25) is 11.8 Å². The Hall–Kier alpha value is -2.63. The highest BCUT2D eigenvalue weighted by atomic mass is 35.5. The lowest BCUT2D eigenvalue weighted by Crippen LogP contribution is -2.30. The largest absolute Gasteiger partial charge is 0.423 e. The van der Waals surface area contributed by atoms with Gasteiger partial charge in [-0.05, 0) is 43.2 Å². The van der Waals surface area contributed by atoms with Crippen LogP contribution in [0.15, 0.2) is 54.6 Å². The van der Waals surface area contributed by atoms with Gasteiger partial charge in [-0.2, -0.15) is 0 Å². The minimum atomic E-state index is -0.657. The number of nitrogens with zero attached hydrogens (tertiary/aromatic N) is 1. The normalized spacial score (nSPS) is 21.0. The SMILES string of the molecule is O=C(Oc1cccc(N2C(=O)[C@H]3CC=CC[C@H]3C2=O)c1)c1ccc(Cl)cc1Cl. The third-order valence-electron chi connectivity index (χ3n) is 4.94. The smallest absolute Gasteiger partial charge is 0.345 e. The van der Waals surface area contributed by atoms with E-state index < -0.39 is 5.97 Å². The van der Waals surface area contributed by atoms with Gasteiger partial charge in [0, 0.05) is 11.1 Å². The Morgan fingerprint density at radius 1 is 0.964 bits per heavy atom. The first-order chi connectivity index (χ1) is 13.5. The van der Waals surface area contributed by atoms with Crippen LogP contribution in [0.3, 0.4) is 0 Å². The Morgan fingerprint density at radius 2 is 1.64 bits per heavy atom. The molecule has 0 N–H and O–H groups in total. The lowest BCUT2D eigenvalue weighted by Gasteiger charge is -2.16. The molecule has 0 spiro atoms. The van der Waals surface area contributed by atoms with Crippen molar-refractivity contribution in [3.05, 3.63) is 70.2 Å². The molecule has 2 amide bonds. The summed E-state index contributed by atoms with van der Waals surface area (Å²) in [5.74, 6) is -1.53. The summed E-state index contributed by atoms with van der Waals surface area (Å²) in [6.07, 6.45) is 5.00. The molecule has 0 bridgehead atoms. The maximum atomic E-state index is 12.7. The number of anilines is 1. The van der Waals surface area contributed by atoms with Gasteiger partial charge < -0.3 is 4.74 Å². The number of ether oxygens (including phenoxy) is 1. The van der Waals surface area contributed by atoms with Crippen molar-refractivity contribution in [3.8, 4) is 5.75 Å². The molecule has 5 nitrogen and oxygen atoms in total. The van der Waals surface area contributed by atoms with E-state index in [1.807, 2.05) is 12.2 Å². The number of hydrogen-bond acceptors (Lipinski definition) is 4. The van der Waals surface area contributed by atoms with Crippen molar-refractivity contribution in [2.75, 3.05) is 4.90 Å². The molecule has 7 heteroatoms. The van der Waals surface area contributed by atoms with Crippen LogP contribution in [0.4, 0.5) is 5.69 Å². The van der Waals surface area contributed by atoms with Gasteiger partial charge in [-0.3, -0.25) is 9.59 Å². The van der Waals surface area contributed by atoms with E-state index in [4.69, 9.17) is 27.9 Å². The van der Waals surface area contributed by atoms with Crippen LogP contribution in [-0.2, 0) is 9.59 Å². The lowest BCUT2D eigenvalue weighted by molar-refractivity contribution is -0.122. The van der Waals surface area contributed by atoms with Crippen LogP contribution in [0.5, 0.6) is 5.75 Å². The van der Waals surface area contributed by atoms with Crippen LogP contribution in [0.1, 0.15) is 23.2 Å². The van der Waals surface area contributed by atoms with Crippen molar-refractivity contribution in [3.63, 3.8) is 0 Å². The van der Waals surface area contributed by atoms with E-state index in [9.17, 15) is 14.4 Å². The molecule has 1 heterocycles. The highest BCUT2D eigenvalue weighted by molar-refractivity contribution is 6.36. The first-order valence-electron chi connectivity index (χ1n) is 8.76. The zero-order valence-corrected chi connectivity index (χ0v) is 16.1. The highest BCUT2D eigenvalue weighted by Crippen LogP contribution is 2.38. The second-order valence-corrected chi connectivity index (χ2v) is 7.52. The van der Waals surface area contributed by atoms with Gasteiger partial charge in [0.1, 0.15) is 5.75 Å². The predicted molar refractivity (Wildman–Crippen MR) is 106 cm³/mol. The molecule has 1 saturated heterocycles. The summed E-state index contributed by atoms with van der Waals surface area (Å²) in [7, 11) is 0. The number of fused-ring (bicyclic) bond motifs is 1. The molecule has 1 aliphatic heterocycles. The molecule has 1 fully saturated rings. The number of hydrogen-bond donors (Lipinski definition) is 0. The molecule has 0 aromatic heterocycles. The molecule has 2 atom stereocenters. The van der Waals surface area contributed by atoms with Crippen molar-refractivity contribution in [1.29, 1.82) is 0 Å². The minimum Gasteiger partial charge on any atom is -0.423 e. The average molecular weight is 416 g/mol. The van der Waals surface area contributed by atoms with E-state index in [-0.39, 0.29) is 40.0 Å². The number of carbonyl (C=O) groups is 3. The second-order valence-electron chi connectivity index (χ2n) is 6.68. The van der Waals surface area contributed by atoms with Gasteiger partial charge in [0.25, 0.3) is 0 Å². The third-order valence-corrected chi connectivity index (χ3v) is 5.49. The van der Waals surface area contributed by atoms with Crippen LogP contribution in [-0.4, -0.2) is 17.8 Å². The molecule has 2 aromatic rings. The fraction of sp³-hybridized carbons (Fsp3) is 0.190. The molecule has 0 unspecified atom stereocenters. The number of imide groups is 1. The maximum absolute atomic E-state index is 12.7. The van der Waals surface area contributed by atoms with Gasteiger partial charge in [-0.15, -0.1) is 0 Å². The van der Waals surface area contributed by atoms with Gasteiger partial charge in [0.15, 0.2) is 0 Å². The zero-order chi connectivity index (χ0) is 19.8. The van der Waals surface area contributed by atoms with E-state index in [2.05, 4.69) is 0 Å². The van der Waals surface area contributed by atoms with Crippen LogP contribution in [0.25, 0.3) is 0 Å². The van der Waals surface area contributed by atoms with Gasteiger partial charge >= 0.3 is 5.97 Å². The Kier molecular flexibility index (Phi) is 4.96. The van der Waals surface area contributed by atoms with Crippen molar-refractivity contribution in [2.24, 2.45) is 11.8 Å². The van der Waals surface area contributed by atoms with Crippen LogP contribution < -0.4 is 9.64 Å². The van der Waals surface area contributed by atoms with Crippen molar-refractivity contribution in [1.82, 2.24) is 0 Å². The molecule has 0 radical (unpaired) electrons. The van der Waals surface area contributed by atoms with Crippen LogP contribution in [0, 0.1) is 11.8 Å². The molecule has 2 aromatic carbocycles. The molecule has 28 heavy (non-hydrogen) atoms. The number of amides is 2. The van der Waals surface area contributed by atoms with E-state index in [1.165, 1.54) is 29.2 Å². The van der Waals surface area contributed by atoms with Gasteiger partial charge in [-0.1, -0.05) is 41.4 Å². The molecule has 1 aliphatic carbocycles. The second kappa shape index (κ2) is 7.41. The van der Waals surface area contributed by atoms with Gasteiger partial charge in [0.05, 0.1) is 28.1 Å². The quantitative estimate of drug-likeness (QED) is 0.316. The van der Waals surface area contributed by atoms with Crippen LogP contribution >= 0.6 is 23.2 Å². The van der Waals surface area contributed by atoms with E-state index in [0.717, 1.165) is 0 Å². The molecule has 142 valence electrons. The summed E-state index contributed by atoms with van der Waals surface area (Å²) in [5, 5.41) is 0.584. The average Bonchev–Trinajstić information content (AvgIpc) is 2.93. The number of esters is 1. The Morgan fingerprint density at radius 3 is 2.29 bits per heavy atom. The predicted octanol–water partition coefficient (Wildman–Crippen LogP) is 4.67. The number of carbonyl (C=O) groups excluding carboxylic acids is 3. The Bertz CT molecular complexity index is 991. The first-order valence-corrected chi connectivity index (χ1v) is 9.51. The molecule has 4 rings (SSSR count). The topological polar surface area (TPSA) is 63.7 Å². The number of halogens is 2. The van der Waals surface area contributed by atoms with Crippen molar-refractivity contribution < 1.29 is 19.1 Å². The fourth-order valence-corrected chi connectivity index (χ4v) is 4.04. The summed E-state index contributed by atoms with van der Waals surface area (Å²) < 4.78 is 5.38. The van der Waals surface area contributed by atoms with E-state index >= 15 is 0 Å². The number of benzene rings is 2. The van der Waals surface area contributed by atoms with E-state index in [0.29, 0.717) is 23.6 Å². The molecular weight excluding hydrogens is 401 g/mol. The number of allylic oxidation sites excluding steroid dienone is 2. The third kappa shape index (κ3) is 3.32. The van der Waals surface area contributed by atoms with Crippen molar-refractivity contribution in [2.45, 2.75) is 12.8 Å². The zero-order valence-electron chi connectivity index (χ0n) is 14.6. The van der Waals surface area contributed by atoms with Crippen molar-refractivity contribution >= 4 is 46.7 Å². The molecular formula is C21H15Cl2NO4. The summed E-state index contributed by atoms with van der Waals surface area (Å²) in [4.78, 5) is 39.0. The minimum absolute atomic E-state index is 0.168. The molecule has 2 aliphatic rings. The highest BCUT2D eigenvalue weighted by Gasteiger charge is 2.47. The Labute approximate surface area is 171 Å². The Balaban J connectivity index is 1.57. The van der Waals surface area contributed by atoms with Crippen LogP contribution in [0.2, 0.25) is 10.0 Å². The van der Waals surface area contributed by atoms with Gasteiger partial charge in [-0.25, -0.2) is 9.69 Å².